The molecule has 3 heterocycles. The number of piperazine rings is 1. The number of amides is 2. The molecule has 3 aliphatic heterocycles. The van der Waals surface area contributed by atoms with Gasteiger partial charge >= 0.3 is 0 Å². The largest absolute Gasteiger partial charge is 0.368 e. The predicted octanol–water partition coefficient (Wildman–Crippen LogP) is 5.03. The Hall–Kier alpha value is -3.38. The molecule has 2 atom stereocenters. The second-order valence-corrected chi connectivity index (χ2v) is 11.3. The minimum absolute atomic E-state index is 0.115. The van der Waals surface area contributed by atoms with E-state index in [4.69, 9.17) is 11.6 Å². The molecule has 0 radical (unpaired) electrons. The van der Waals surface area contributed by atoms with Crippen molar-refractivity contribution in [2.45, 2.75) is 39.5 Å². The van der Waals surface area contributed by atoms with Gasteiger partial charge in [-0.25, -0.2) is 4.99 Å². The number of anilines is 1. The highest BCUT2D eigenvalue weighted by Gasteiger charge is 2.39. The molecule has 2 unspecified atom stereocenters. The van der Waals surface area contributed by atoms with Gasteiger partial charge in [-0.05, 0) is 79.5 Å². The number of nitrogens with zero attached hydrogens (tertiary/aromatic N) is 3. The van der Waals surface area contributed by atoms with Gasteiger partial charge in [-0.3, -0.25) is 9.59 Å². The fourth-order valence-electron chi connectivity index (χ4n) is 6.97. The van der Waals surface area contributed by atoms with Gasteiger partial charge in [0.2, 0.25) is 5.91 Å². The lowest BCUT2D eigenvalue weighted by Crippen LogP contribution is -2.49. The smallest absolute Gasteiger partial charge is 0.254 e. The van der Waals surface area contributed by atoms with Gasteiger partial charge in [-0.2, -0.15) is 0 Å². The number of allylic oxidation sites excluding steroid dienone is 2. The summed E-state index contributed by atoms with van der Waals surface area (Å²) in [6.45, 7) is 9.96. The zero-order valence-corrected chi connectivity index (χ0v) is 22.9. The predicted molar refractivity (Wildman–Crippen MR) is 152 cm³/mol. The Balaban J connectivity index is 1.28. The first-order valence-corrected chi connectivity index (χ1v) is 13.9. The van der Waals surface area contributed by atoms with Gasteiger partial charge in [0.1, 0.15) is 5.17 Å². The number of nitrogens with one attached hydrogen (secondary N) is 1. The summed E-state index contributed by atoms with van der Waals surface area (Å²) in [5, 5.41) is 3.44. The highest BCUT2D eigenvalue weighted by molar-refractivity contribution is 6.71. The number of carbonyl (C=O) groups excluding carboxylic acids is 2. The first kappa shape index (κ1) is 24.9. The first-order chi connectivity index (χ1) is 18.3. The van der Waals surface area contributed by atoms with Crippen LogP contribution in [-0.4, -0.2) is 54.6 Å². The van der Waals surface area contributed by atoms with Gasteiger partial charge in [-0.15, -0.1) is 0 Å². The Morgan fingerprint density at radius 1 is 1.03 bits per heavy atom. The minimum Gasteiger partial charge on any atom is -0.368 e. The molecule has 2 amide bonds. The molecular formula is C31H33ClN4O2. The normalized spacial score (nSPS) is 23.0. The fraction of sp³-hybridized carbons (Fsp3) is 0.387. The maximum Gasteiger partial charge on any atom is 0.254 e. The summed E-state index contributed by atoms with van der Waals surface area (Å²) < 4.78 is 0. The summed E-state index contributed by atoms with van der Waals surface area (Å²) in [7, 11) is 0. The number of carbonyl (C=O) groups is 2. The Kier molecular flexibility index (Phi) is 6.39. The number of aliphatic imine (C=N–C) groups is 1. The van der Waals surface area contributed by atoms with E-state index in [1.54, 1.807) is 6.08 Å². The molecule has 4 aliphatic rings. The molecule has 0 spiro atoms. The summed E-state index contributed by atoms with van der Waals surface area (Å²) in [6, 6.07) is 12.6. The van der Waals surface area contributed by atoms with Crippen molar-refractivity contribution in [2.75, 3.05) is 37.6 Å². The highest BCUT2D eigenvalue weighted by Crippen LogP contribution is 2.48. The molecule has 1 fully saturated rings. The topological polar surface area (TPSA) is 65.0 Å². The maximum absolute atomic E-state index is 13.9. The van der Waals surface area contributed by atoms with Crippen LogP contribution in [-0.2, 0) is 4.79 Å². The molecule has 2 aromatic carbocycles. The molecule has 6 nitrogen and oxygen atoms in total. The maximum atomic E-state index is 13.9. The third-order valence-electron chi connectivity index (χ3n) is 8.61. The summed E-state index contributed by atoms with van der Waals surface area (Å²) in [6.07, 6.45) is 3.25. The van der Waals surface area contributed by atoms with E-state index in [1.165, 1.54) is 16.8 Å². The molecular weight excluding hydrogens is 496 g/mol. The Bertz CT molecular complexity index is 1420. The van der Waals surface area contributed by atoms with Crippen molar-refractivity contribution >= 4 is 34.3 Å². The van der Waals surface area contributed by atoms with Gasteiger partial charge in [0.25, 0.3) is 5.91 Å². The molecule has 0 saturated carbocycles. The van der Waals surface area contributed by atoms with Crippen LogP contribution in [0.3, 0.4) is 0 Å². The van der Waals surface area contributed by atoms with E-state index in [2.05, 4.69) is 66.3 Å². The zero-order chi connectivity index (χ0) is 26.6. The van der Waals surface area contributed by atoms with Gasteiger partial charge in [-0.1, -0.05) is 35.9 Å². The van der Waals surface area contributed by atoms with Crippen molar-refractivity contribution in [3.8, 4) is 0 Å². The molecule has 1 N–H and O–H groups in total. The average Bonchev–Trinajstić information content (AvgIpc) is 3.10. The van der Waals surface area contributed by atoms with Crippen molar-refractivity contribution in [3.63, 3.8) is 0 Å². The van der Waals surface area contributed by atoms with Crippen molar-refractivity contribution in [3.05, 3.63) is 87.1 Å². The Morgan fingerprint density at radius 2 is 1.76 bits per heavy atom. The van der Waals surface area contributed by atoms with Crippen LogP contribution in [0.2, 0.25) is 0 Å². The number of halogens is 1. The molecule has 1 aliphatic carbocycles. The second kappa shape index (κ2) is 9.73. The monoisotopic (exact) mass is 528 g/mol. The molecule has 6 rings (SSSR count). The molecule has 0 bridgehead atoms. The van der Waals surface area contributed by atoms with Crippen molar-refractivity contribution in [1.82, 2.24) is 10.2 Å². The first-order valence-electron chi connectivity index (χ1n) is 13.5. The van der Waals surface area contributed by atoms with Gasteiger partial charge in [0.15, 0.2) is 0 Å². The van der Waals surface area contributed by atoms with E-state index < -0.39 is 0 Å². The molecule has 1 saturated heterocycles. The van der Waals surface area contributed by atoms with Crippen LogP contribution in [0.15, 0.2) is 64.3 Å². The molecule has 7 heteroatoms. The standard InChI is InChI=1S/C31H33ClN4O2/c1-18-13-19(2)28(31(38)36-11-9-35(10-12-36)23-7-5-4-6-8-23)20(3)27(18)21-14-22-17-33-26(37)16-24-29(22)25(15-21)34-30(24)32/h4-8,13,16,21-22H,9-12,14-15,17H2,1-3H3,(H,33,37). The molecule has 196 valence electrons. The Morgan fingerprint density at radius 3 is 2.50 bits per heavy atom. The van der Waals surface area contributed by atoms with E-state index in [-0.39, 0.29) is 23.7 Å². The minimum atomic E-state index is -0.115. The van der Waals surface area contributed by atoms with Crippen LogP contribution in [0, 0.1) is 26.7 Å². The fourth-order valence-corrected chi connectivity index (χ4v) is 7.22. The SMILES string of the molecule is Cc1cc(C)c(C2CC3=C4C(=CC(=O)NCC4C2)C(Cl)=N3)c(C)c1C(=O)N1CCN(c2ccccc2)CC1. The number of hydrogen-bond acceptors (Lipinski definition) is 4. The average molecular weight is 529 g/mol. The van der Waals surface area contributed by atoms with E-state index in [9.17, 15) is 9.59 Å². The molecule has 0 aromatic heterocycles. The van der Waals surface area contributed by atoms with Crippen LogP contribution >= 0.6 is 11.6 Å². The lowest BCUT2D eigenvalue weighted by atomic mass is 9.72. The van der Waals surface area contributed by atoms with E-state index in [0.29, 0.717) is 24.8 Å². The Labute approximate surface area is 229 Å². The van der Waals surface area contributed by atoms with Crippen LogP contribution in [0.1, 0.15) is 51.4 Å². The van der Waals surface area contributed by atoms with E-state index in [0.717, 1.165) is 59.5 Å². The van der Waals surface area contributed by atoms with Gasteiger partial charge < -0.3 is 15.1 Å². The summed E-state index contributed by atoms with van der Waals surface area (Å²) in [5.41, 5.74) is 9.50. The van der Waals surface area contributed by atoms with Crippen molar-refractivity contribution in [1.29, 1.82) is 0 Å². The quantitative estimate of drug-likeness (QED) is 0.607. The number of benzene rings is 2. The molecule has 38 heavy (non-hydrogen) atoms. The number of para-hydroxylation sites is 1. The van der Waals surface area contributed by atoms with Crippen molar-refractivity contribution < 1.29 is 9.59 Å². The van der Waals surface area contributed by atoms with E-state index >= 15 is 0 Å². The second-order valence-electron chi connectivity index (χ2n) is 10.9. The van der Waals surface area contributed by atoms with Crippen LogP contribution in [0.25, 0.3) is 0 Å². The van der Waals surface area contributed by atoms with Crippen molar-refractivity contribution in [2.24, 2.45) is 10.9 Å². The van der Waals surface area contributed by atoms with Crippen LogP contribution in [0.4, 0.5) is 5.69 Å². The van der Waals surface area contributed by atoms with Gasteiger partial charge in [0.05, 0.1) is 0 Å². The number of aryl methyl sites for hydroxylation is 2. The summed E-state index contributed by atoms with van der Waals surface area (Å²) in [4.78, 5) is 35.2. The third-order valence-corrected chi connectivity index (χ3v) is 8.90. The molecule has 2 aromatic rings. The lowest BCUT2D eigenvalue weighted by Gasteiger charge is -2.37. The summed E-state index contributed by atoms with van der Waals surface area (Å²) >= 11 is 6.48. The highest BCUT2D eigenvalue weighted by atomic mass is 35.5. The van der Waals surface area contributed by atoms with Crippen LogP contribution < -0.4 is 10.2 Å². The lowest BCUT2D eigenvalue weighted by molar-refractivity contribution is -0.116. The van der Waals surface area contributed by atoms with E-state index in [1.807, 2.05) is 11.0 Å². The number of rotatable bonds is 3. The van der Waals surface area contributed by atoms with Crippen LogP contribution in [0.5, 0.6) is 0 Å². The number of hydrogen-bond donors (Lipinski definition) is 1. The zero-order valence-electron chi connectivity index (χ0n) is 22.2. The van der Waals surface area contributed by atoms with Gasteiger partial charge in [0, 0.05) is 67.2 Å². The third kappa shape index (κ3) is 4.25. The summed E-state index contributed by atoms with van der Waals surface area (Å²) in [5.74, 6) is 0.379.